The molecule has 1 heterocycles. The molecule has 1 saturated heterocycles. The summed E-state index contributed by atoms with van der Waals surface area (Å²) in [6.45, 7) is 4.58. The predicted molar refractivity (Wildman–Crippen MR) is 92.3 cm³/mol. The molecule has 9 nitrogen and oxygen atoms in total. The van der Waals surface area contributed by atoms with Gasteiger partial charge < -0.3 is 15.4 Å². The van der Waals surface area contributed by atoms with Crippen LogP contribution in [0.25, 0.3) is 0 Å². The van der Waals surface area contributed by atoms with E-state index in [9.17, 15) is 19.2 Å². The average Bonchev–Trinajstić information content (AvgIpc) is 2.84. The molecule has 0 unspecified atom stereocenters. The van der Waals surface area contributed by atoms with Crippen LogP contribution >= 0.6 is 0 Å². The van der Waals surface area contributed by atoms with Crippen LogP contribution < -0.4 is 20.7 Å². The van der Waals surface area contributed by atoms with E-state index < -0.39 is 36.0 Å². The van der Waals surface area contributed by atoms with Crippen molar-refractivity contribution < 1.29 is 23.9 Å². The number of urea groups is 2. The average molecular weight is 360 g/mol. The Bertz CT molecular complexity index is 746. The summed E-state index contributed by atoms with van der Waals surface area (Å²) < 4.78 is 5.07. The number of ether oxygens (including phenoxy) is 1. The third-order valence-corrected chi connectivity index (χ3v) is 3.90. The van der Waals surface area contributed by atoms with E-state index in [0.29, 0.717) is 11.3 Å². The van der Waals surface area contributed by atoms with Crippen LogP contribution in [-0.2, 0) is 15.1 Å². The fraction of sp³-hybridized carbons (Fsp3) is 0.294. The Balaban J connectivity index is 2.08. The minimum Gasteiger partial charge on any atom is -0.497 e. The molecule has 1 aliphatic heterocycles. The molecule has 0 bridgehead atoms. The van der Waals surface area contributed by atoms with Crippen molar-refractivity contribution in [1.82, 2.24) is 20.9 Å². The van der Waals surface area contributed by atoms with Crippen LogP contribution in [-0.4, -0.2) is 49.0 Å². The molecule has 1 aromatic rings. The zero-order chi connectivity index (χ0) is 19.3. The van der Waals surface area contributed by atoms with Gasteiger partial charge in [-0.1, -0.05) is 18.2 Å². The number of imide groups is 2. The molecule has 3 N–H and O–H groups in total. The Kier molecular flexibility index (Phi) is 5.61. The number of carbonyl (C=O) groups excluding carboxylic acids is 4. The molecular formula is C17H20N4O5. The van der Waals surface area contributed by atoms with Crippen LogP contribution in [0, 0.1) is 0 Å². The van der Waals surface area contributed by atoms with E-state index in [4.69, 9.17) is 4.74 Å². The van der Waals surface area contributed by atoms with Gasteiger partial charge in [0.05, 0.1) is 7.11 Å². The summed E-state index contributed by atoms with van der Waals surface area (Å²) in [6.07, 6.45) is 1.45. The molecule has 6 amide bonds. The first-order chi connectivity index (χ1) is 12.3. The Morgan fingerprint density at radius 3 is 2.54 bits per heavy atom. The molecule has 26 heavy (non-hydrogen) atoms. The Morgan fingerprint density at radius 1 is 1.31 bits per heavy atom. The number of nitrogens with zero attached hydrogens (tertiary/aromatic N) is 1. The molecule has 1 fully saturated rings. The maximum Gasteiger partial charge on any atom is 0.325 e. The Labute approximate surface area is 150 Å². The van der Waals surface area contributed by atoms with Gasteiger partial charge >= 0.3 is 12.1 Å². The van der Waals surface area contributed by atoms with Gasteiger partial charge in [-0.25, -0.2) is 9.59 Å². The van der Waals surface area contributed by atoms with Crippen LogP contribution in [0.1, 0.15) is 12.5 Å². The number of amides is 6. The SMILES string of the molecule is C=CCNC(=O)NC(=O)CN1C(=O)N[C@@](C)(c2ccc(OC)cc2)C1=O. The van der Waals surface area contributed by atoms with Gasteiger partial charge in [-0.05, 0) is 24.6 Å². The molecule has 9 heteroatoms. The summed E-state index contributed by atoms with van der Waals surface area (Å²) in [4.78, 5) is 49.0. The zero-order valence-electron chi connectivity index (χ0n) is 14.5. The number of methoxy groups -OCH3 is 1. The summed E-state index contributed by atoms with van der Waals surface area (Å²) in [6, 6.07) is 5.19. The normalized spacial score (nSPS) is 18.9. The largest absolute Gasteiger partial charge is 0.497 e. The third kappa shape index (κ3) is 3.82. The fourth-order valence-corrected chi connectivity index (χ4v) is 2.48. The van der Waals surface area contributed by atoms with E-state index in [-0.39, 0.29) is 6.54 Å². The summed E-state index contributed by atoms with van der Waals surface area (Å²) >= 11 is 0. The first kappa shape index (κ1) is 19.0. The van der Waals surface area contributed by atoms with Gasteiger partial charge in [0.2, 0.25) is 5.91 Å². The number of hydrogen-bond acceptors (Lipinski definition) is 5. The van der Waals surface area contributed by atoms with Gasteiger partial charge in [0.1, 0.15) is 17.8 Å². The topological polar surface area (TPSA) is 117 Å². The smallest absolute Gasteiger partial charge is 0.325 e. The minimum atomic E-state index is -1.31. The number of nitrogens with one attached hydrogen (secondary N) is 3. The van der Waals surface area contributed by atoms with Crippen molar-refractivity contribution in [2.45, 2.75) is 12.5 Å². The third-order valence-electron chi connectivity index (χ3n) is 3.90. The highest BCUT2D eigenvalue weighted by molar-refractivity contribution is 6.10. The van der Waals surface area contributed by atoms with Crippen LogP contribution in [0.2, 0.25) is 0 Å². The molecule has 1 aliphatic rings. The minimum absolute atomic E-state index is 0.178. The van der Waals surface area contributed by atoms with E-state index in [1.807, 2.05) is 5.32 Å². The summed E-state index contributed by atoms with van der Waals surface area (Å²) in [5, 5.41) is 6.98. The molecule has 1 aromatic carbocycles. The first-order valence-electron chi connectivity index (χ1n) is 7.79. The van der Waals surface area contributed by atoms with Gasteiger partial charge in [-0.2, -0.15) is 0 Å². The maximum atomic E-state index is 12.7. The van der Waals surface area contributed by atoms with Crippen molar-refractivity contribution in [1.29, 1.82) is 0 Å². The van der Waals surface area contributed by atoms with E-state index >= 15 is 0 Å². The number of benzene rings is 1. The van der Waals surface area contributed by atoms with Gasteiger partial charge in [0.25, 0.3) is 5.91 Å². The van der Waals surface area contributed by atoms with Gasteiger partial charge in [0, 0.05) is 6.54 Å². The van der Waals surface area contributed by atoms with Gasteiger partial charge in [-0.3, -0.25) is 19.8 Å². The molecule has 0 aliphatic carbocycles. The number of hydrogen-bond donors (Lipinski definition) is 3. The van der Waals surface area contributed by atoms with Crippen molar-refractivity contribution >= 4 is 23.9 Å². The van der Waals surface area contributed by atoms with Crippen molar-refractivity contribution in [3.8, 4) is 5.75 Å². The monoisotopic (exact) mass is 360 g/mol. The Hall–Kier alpha value is -3.36. The van der Waals surface area contributed by atoms with Crippen LogP contribution in [0.5, 0.6) is 5.75 Å². The highest BCUT2D eigenvalue weighted by Gasteiger charge is 2.49. The van der Waals surface area contributed by atoms with Crippen molar-refractivity contribution in [3.63, 3.8) is 0 Å². The molecule has 138 valence electrons. The second kappa shape index (κ2) is 7.68. The second-order valence-electron chi connectivity index (χ2n) is 5.72. The molecular weight excluding hydrogens is 340 g/mol. The maximum absolute atomic E-state index is 12.7. The molecule has 1 atom stereocenters. The van der Waals surface area contributed by atoms with E-state index in [2.05, 4.69) is 17.2 Å². The lowest BCUT2D eigenvalue weighted by Crippen LogP contribution is -2.46. The fourth-order valence-electron chi connectivity index (χ4n) is 2.48. The molecule has 0 saturated carbocycles. The number of rotatable bonds is 6. The lowest BCUT2D eigenvalue weighted by molar-refractivity contribution is -0.134. The van der Waals surface area contributed by atoms with Crippen molar-refractivity contribution in [3.05, 3.63) is 42.5 Å². The van der Waals surface area contributed by atoms with E-state index in [0.717, 1.165) is 4.90 Å². The van der Waals surface area contributed by atoms with Crippen molar-refractivity contribution in [2.24, 2.45) is 0 Å². The lowest BCUT2D eigenvalue weighted by atomic mass is 9.92. The van der Waals surface area contributed by atoms with E-state index in [1.165, 1.54) is 13.2 Å². The lowest BCUT2D eigenvalue weighted by Gasteiger charge is -2.22. The first-order valence-corrected chi connectivity index (χ1v) is 7.79. The van der Waals surface area contributed by atoms with Gasteiger partial charge in [-0.15, -0.1) is 6.58 Å². The second-order valence-corrected chi connectivity index (χ2v) is 5.72. The molecule has 0 radical (unpaired) electrons. The van der Waals surface area contributed by atoms with Crippen molar-refractivity contribution in [2.75, 3.05) is 20.2 Å². The highest BCUT2D eigenvalue weighted by Crippen LogP contribution is 2.29. The highest BCUT2D eigenvalue weighted by atomic mass is 16.5. The molecule has 2 rings (SSSR count). The quantitative estimate of drug-likeness (QED) is 0.504. The summed E-state index contributed by atoms with van der Waals surface area (Å²) in [5.74, 6) is -0.765. The summed E-state index contributed by atoms with van der Waals surface area (Å²) in [5.41, 5.74) is -0.766. The summed E-state index contributed by atoms with van der Waals surface area (Å²) in [7, 11) is 1.52. The van der Waals surface area contributed by atoms with Crippen LogP contribution in [0.3, 0.4) is 0 Å². The van der Waals surface area contributed by atoms with Crippen LogP contribution in [0.4, 0.5) is 9.59 Å². The van der Waals surface area contributed by atoms with E-state index in [1.54, 1.807) is 31.2 Å². The van der Waals surface area contributed by atoms with Crippen LogP contribution in [0.15, 0.2) is 36.9 Å². The Morgan fingerprint density at radius 2 is 1.96 bits per heavy atom. The zero-order valence-corrected chi connectivity index (χ0v) is 14.5. The molecule has 0 spiro atoms. The standard InChI is InChI=1S/C17H20N4O5/c1-4-9-18-15(24)19-13(22)10-21-14(23)17(2,20-16(21)25)11-5-7-12(26-3)8-6-11/h4-8H,1,9-10H2,2-3H3,(H,20,25)(H2,18,19,22,24)/t17-/m0/s1. The van der Waals surface area contributed by atoms with Gasteiger partial charge in [0.15, 0.2) is 0 Å². The molecule has 0 aromatic heterocycles. The predicted octanol–water partition coefficient (Wildman–Crippen LogP) is 0.474. The number of carbonyl (C=O) groups is 4.